The molecule has 0 bridgehead atoms. The van der Waals surface area contributed by atoms with Gasteiger partial charge in [0.15, 0.2) is 0 Å². The molecule has 0 N–H and O–H groups in total. The van der Waals surface area contributed by atoms with Crippen molar-refractivity contribution < 1.29 is 8.83 Å². The molecule has 2 aromatic heterocycles. The van der Waals surface area contributed by atoms with Crippen molar-refractivity contribution >= 4 is 44.6 Å². The van der Waals surface area contributed by atoms with Gasteiger partial charge in [-0.25, -0.2) is 0 Å². The summed E-state index contributed by atoms with van der Waals surface area (Å²) in [6.07, 6.45) is 4.14. The molecule has 0 saturated carbocycles. The lowest BCUT2D eigenvalue weighted by atomic mass is 9.89. The Bertz CT molecular complexity index is 2730. The van der Waals surface area contributed by atoms with Crippen molar-refractivity contribution in [2.24, 2.45) is 0 Å². The van der Waals surface area contributed by atoms with Crippen LogP contribution in [0.2, 0.25) is 0 Å². The number of furan rings is 2. The summed E-state index contributed by atoms with van der Waals surface area (Å²) in [6.45, 7) is 0. The molecule has 2 heteroatoms. The molecule has 0 saturated heterocycles. The van der Waals surface area contributed by atoms with E-state index in [0.29, 0.717) is 0 Å². The minimum absolute atomic E-state index is 0.851. The molecule has 236 valence electrons. The van der Waals surface area contributed by atoms with Crippen LogP contribution in [0.3, 0.4) is 0 Å². The minimum Gasteiger partial charge on any atom is -0.460 e. The maximum atomic E-state index is 6.80. The molecule has 0 amide bonds. The Kier molecular flexibility index (Phi) is 6.67. The van der Waals surface area contributed by atoms with Gasteiger partial charge in [-0.3, -0.25) is 0 Å². The molecule has 10 rings (SSSR count). The normalized spacial score (nSPS) is 12.8. The first kappa shape index (κ1) is 28.6. The Labute approximate surface area is 290 Å². The number of hydrogen-bond donors (Lipinski definition) is 0. The molecule has 2 nitrogen and oxygen atoms in total. The number of rotatable bonds is 5. The first-order valence-electron chi connectivity index (χ1n) is 17.3. The number of hydrogen-bond acceptors (Lipinski definition) is 2. The van der Waals surface area contributed by atoms with Gasteiger partial charge in [-0.2, -0.15) is 0 Å². The fraction of sp³-hybridized carbons (Fsp3) is 0.0417. The summed E-state index contributed by atoms with van der Waals surface area (Å²) in [5.41, 5.74) is 15.7. The van der Waals surface area contributed by atoms with Crippen molar-refractivity contribution in [3.05, 3.63) is 181 Å². The van der Waals surface area contributed by atoms with E-state index in [0.717, 1.165) is 68.2 Å². The predicted octanol–water partition coefficient (Wildman–Crippen LogP) is 13.5. The lowest BCUT2D eigenvalue weighted by Gasteiger charge is -2.14. The monoisotopic (exact) mass is 640 g/mol. The molecular formula is C48H32O2. The summed E-state index contributed by atoms with van der Waals surface area (Å²) in [6, 6.07) is 58.3. The lowest BCUT2D eigenvalue weighted by Crippen LogP contribution is -1.96. The second-order valence-corrected chi connectivity index (χ2v) is 13.2. The van der Waals surface area contributed by atoms with Gasteiger partial charge in [-0.15, -0.1) is 0 Å². The molecule has 0 spiro atoms. The predicted molar refractivity (Wildman–Crippen MR) is 208 cm³/mol. The van der Waals surface area contributed by atoms with Crippen LogP contribution in [-0.4, -0.2) is 0 Å². The molecule has 7 aromatic carbocycles. The van der Waals surface area contributed by atoms with Gasteiger partial charge in [0, 0.05) is 28.1 Å². The van der Waals surface area contributed by atoms with Crippen LogP contribution < -0.4 is 0 Å². The van der Waals surface area contributed by atoms with Crippen molar-refractivity contribution in [2.45, 2.75) is 12.8 Å². The zero-order valence-corrected chi connectivity index (χ0v) is 27.4. The molecule has 9 aromatic rings. The average Bonchev–Trinajstić information content (AvgIpc) is 3.75. The third-order valence-corrected chi connectivity index (χ3v) is 10.2. The molecule has 0 unspecified atom stereocenters. The van der Waals surface area contributed by atoms with Gasteiger partial charge >= 0.3 is 0 Å². The Morgan fingerprint density at radius 3 is 1.58 bits per heavy atom. The molecular weight excluding hydrogens is 609 g/mol. The van der Waals surface area contributed by atoms with Crippen molar-refractivity contribution in [3.8, 4) is 44.5 Å². The highest BCUT2D eigenvalue weighted by atomic mass is 16.3. The molecule has 2 heterocycles. The van der Waals surface area contributed by atoms with E-state index < -0.39 is 0 Å². The van der Waals surface area contributed by atoms with E-state index in [1.165, 1.54) is 44.5 Å². The Morgan fingerprint density at radius 1 is 0.360 bits per heavy atom. The second-order valence-electron chi connectivity index (χ2n) is 13.2. The molecule has 0 fully saturated rings. The fourth-order valence-corrected chi connectivity index (χ4v) is 7.68. The van der Waals surface area contributed by atoms with E-state index in [1.54, 1.807) is 0 Å². The van der Waals surface area contributed by atoms with Crippen molar-refractivity contribution in [1.29, 1.82) is 0 Å². The lowest BCUT2D eigenvalue weighted by molar-refractivity contribution is 0.548. The van der Waals surface area contributed by atoms with Gasteiger partial charge in [-0.1, -0.05) is 133 Å². The number of benzene rings is 7. The van der Waals surface area contributed by atoms with Crippen molar-refractivity contribution in [2.75, 3.05) is 0 Å². The number of allylic oxidation sites excluding steroid dienone is 1. The molecule has 1 aliphatic rings. The third-order valence-electron chi connectivity index (χ3n) is 10.2. The average molecular weight is 641 g/mol. The zero-order valence-electron chi connectivity index (χ0n) is 27.4. The maximum Gasteiger partial charge on any atom is 0.147 e. The molecule has 1 aliphatic carbocycles. The summed E-state index contributed by atoms with van der Waals surface area (Å²) < 4.78 is 13.5. The van der Waals surface area contributed by atoms with Crippen LogP contribution in [0.4, 0.5) is 0 Å². The van der Waals surface area contributed by atoms with E-state index in [9.17, 15) is 0 Å². The summed E-state index contributed by atoms with van der Waals surface area (Å²) in [4.78, 5) is 0. The second kappa shape index (κ2) is 11.6. The van der Waals surface area contributed by atoms with Crippen molar-refractivity contribution in [3.63, 3.8) is 0 Å². The van der Waals surface area contributed by atoms with Crippen LogP contribution in [0, 0.1) is 0 Å². The topological polar surface area (TPSA) is 26.3 Å². The standard InChI is InChI=1S/C48H32O2/c1-4-12-31(13-5-1)34-18-10-20-36(26-34)38-22-24-44-40(28-38)42-30-43-41-29-39(37-21-11-19-35(27-37)32-14-6-2-7-15-32)23-25-45(41)50-48(43)46(47(42)49-44)33-16-8-3-9-17-33/h1-22,24,26-30H,23,25H2. The quantitative estimate of drug-likeness (QED) is 0.187. The summed E-state index contributed by atoms with van der Waals surface area (Å²) in [7, 11) is 0. The van der Waals surface area contributed by atoms with E-state index in [1.807, 2.05) is 0 Å². The summed E-state index contributed by atoms with van der Waals surface area (Å²) in [5, 5.41) is 3.33. The minimum atomic E-state index is 0.851. The van der Waals surface area contributed by atoms with E-state index in [4.69, 9.17) is 8.83 Å². The van der Waals surface area contributed by atoms with E-state index >= 15 is 0 Å². The first-order valence-corrected chi connectivity index (χ1v) is 17.3. The highest BCUT2D eigenvalue weighted by molar-refractivity contribution is 6.19. The van der Waals surface area contributed by atoms with Gasteiger partial charge in [0.1, 0.15) is 22.5 Å². The SMILES string of the molecule is C1=C(c2cccc(-c3ccccc3)c2)CCc2oc3c(-c4ccccc4)c4oc5ccc(-c6cccc(-c7ccccc7)c6)cc5c4cc3c21. The number of fused-ring (bicyclic) bond motifs is 6. The summed E-state index contributed by atoms with van der Waals surface area (Å²) in [5.74, 6) is 1.04. The van der Waals surface area contributed by atoms with Crippen LogP contribution in [-0.2, 0) is 6.42 Å². The Balaban J connectivity index is 1.16. The van der Waals surface area contributed by atoms with Crippen LogP contribution in [0.15, 0.2) is 173 Å². The molecule has 0 atom stereocenters. The first-order chi connectivity index (χ1) is 24.8. The summed E-state index contributed by atoms with van der Waals surface area (Å²) >= 11 is 0. The van der Waals surface area contributed by atoms with Gasteiger partial charge in [0.05, 0.1) is 5.56 Å². The Hall–Kier alpha value is -6.38. The van der Waals surface area contributed by atoms with Crippen LogP contribution in [0.5, 0.6) is 0 Å². The van der Waals surface area contributed by atoms with Crippen LogP contribution in [0.25, 0.3) is 89.1 Å². The van der Waals surface area contributed by atoms with Gasteiger partial charge in [-0.05, 0) is 92.9 Å². The molecule has 0 radical (unpaired) electrons. The molecule has 50 heavy (non-hydrogen) atoms. The third kappa shape index (κ3) is 4.80. The smallest absolute Gasteiger partial charge is 0.147 e. The van der Waals surface area contributed by atoms with Gasteiger partial charge < -0.3 is 8.83 Å². The van der Waals surface area contributed by atoms with Crippen LogP contribution in [0.1, 0.15) is 23.3 Å². The highest BCUT2D eigenvalue weighted by Crippen LogP contribution is 2.46. The maximum absolute atomic E-state index is 6.80. The zero-order chi connectivity index (χ0) is 33.0. The van der Waals surface area contributed by atoms with E-state index in [2.05, 4.69) is 170 Å². The molecule has 0 aliphatic heterocycles. The largest absolute Gasteiger partial charge is 0.460 e. The number of aryl methyl sites for hydroxylation is 1. The Morgan fingerprint density at radius 2 is 0.900 bits per heavy atom. The van der Waals surface area contributed by atoms with E-state index in [-0.39, 0.29) is 0 Å². The highest BCUT2D eigenvalue weighted by Gasteiger charge is 2.25. The van der Waals surface area contributed by atoms with Crippen molar-refractivity contribution in [1.82, 2.24) is 0 Å². The van der Waals surface area contributed by atoms with Gasteiger partial charge in [0.2, 0.25) is 0 Å². The van der Waals surface area contributed by atoms with Crippen LogP contribution >= 0.6 is 0 Å². The fourth-order valence-electron chi connectivity index (χ4n) is 7.68. The van der Waals surface area contributed by atoms with Gasteiger partial charge in [0.25, 0.3) is 0 Å².